The lowest BCUT2D eigenvalue weighted by Crippen LogP contribution is -2.44. The second-order valence-electron chi connectivity index (χ2n) is 8.36. The Hall–Kier alpha value is -0.810. The lowest BCUT2D eigenvalue weighted by molar-refractivity contribution is 0.171. The Kier molecular flexibility index (Phi) is 6.04. The number of aliphatic hydroxyl groups excluding tert-OH is 1. The van der Waals surface area contributed by atoms with Crippen LogP contribution in [0.15, 0.2) is 24.3 Å². The van der Waals surface area contributed by atoms with E-state index in [1.165, 1.54) is 57.5 Å². The molecule has 4 rings (SSSR count). The number of likely N-dealkylation sites (tertiary alicyclic amines) is 2. The average molecular weight is 378 g/mol. The molecule has 1 aromatic rings. The van der Waals surface area contributed by atoms with E-state index in [2.05, 4.69) is 26.8 Å². The quantitative estimate of drug-likeness (QED) is 0.854. The van der Waals surface area contributed by atoms with Gasteiger partial charge in [0, 0.05) is 56.1 Å². The van der Waals surface area contributed by atoms with Crippen molar-refractivity contribution >= 4 is 17.3 Å². The van der Waals surface area contributed by atoms with E-state index in [9.17, 15) is 5.11 Å². The molecule has 0 bridgehead atoms. The number of nitrogens with zero attached hydrogens (tertiary/aromatic N) is 3. The number of anilines is 1. The molecule has 5 heteroatoms. The molecule has 26 heavy (non-hydrogen) atoms. The van der Waals surface area contributed by atoms with Crippen molar-refractivity contribution in [3.8, 4) is 0 Å². The molecule has 0 aromatic heterocycles. The van der Waals surface area contributed by atoms with Crippen LogP contribution in [0.5, 0.6) is 0 Å². The average Bonchev–Trinajstić information content (AvgIpc) is 3.32. The minimum Gasteiger partial charge on any atom is -0.396 e. The summed E-state index contributed by atoms with van der Waals surface area (Å²) in [6, 6.07) is 8.89. The number of halogens is 1. The third kappa shape index (κ3) is 4.19. The van der Waals surface area contributed by atoms with Crippen molar-refractivity contribution < 1.29 is 5.11 Å². The Labute approximate surface area is 162 Å². The molecule has 0 unspecified atom stereocenters. The third-order valence-electron chi connectivity index (χ3n) is 6.68. The maximum Gasteiger partial charge on any atom is 0.0475 e. The molecule has 3 heterocycles. The van der Waals surface area contributed by atoms with Crippen LogP contribution in [-0.2, 0) is 0 Å². The summed E-state index contributed by atoms with van der Waals surface area (Å²) in [4.78, 5) is 7.75. The topological polar surface area (TPSA) is 30.0 Å². The molecule has 3 aliphatic rings. The van der Waals surface area contributed by atoms with E-state index in [1.54, 1.807) is 0 Å². The van der Waals surface area contributed by atoms with Crippen molar-refractivity contribution in [1.82, 2.24) is 9.80 Å². The highest BCUT2D eigenvalue weighted by atomic mass is 35.5. The summed E-state index contributed by atoms with van der Waals surface area (Å²) in [6.45, 7) is 8.49. The van der Waals surface area contributed by atoms with Gasteiger partial charge in [0.1, 0.15) is 0 Å². The van der Waals surface area contributed by atoms with Gasteiger partial charge in [0.15, 0.2) is 0 Å². The van der Waals surface area contributed by atoms with Gasteiger partial charge in [-0.2, -0.15) is 0 Å². The monoisotopic (exact) mass is 377 g/mol. The molecule has 144 valence electrons. The Morgan fingerprint density at radius 3 is 2.42 bits per heavy atom. The van der Waals surface area contributed by atoms with Crippen molar-refractivity contribution in [1.29, 1.82) is 0 Å². The Morgan fingerprint density at radius 1 is 1.00 bits per heavy atom. The van der Waals surface area contributed by atoms with Crippen molar-refractivity contribution in [2.75, 3.05) is 57.3 Å². The minimum absolute atomic E-state index is 0.344. The Bertz CT molecular complexity index is 584. The SMILES string of the molecule is OC[C@H]1CN(C2CCN(c3cccc(Cl)c3)CC2)C[C@H]1CN1CCCC1. The maximum atomic E-state index is 9.88. The standard InChI is InChI=1S/C21H32ClN3O/c22-19-4-3-5-21(12-19)24-10-6-20(7-11-24)25-14-17(18(15-25)16-26)13-23-8-1-2-9-23/h3-5,12,17-18,20,26H,1-2,6-11,13-16H2/t17-,18-/m1/s1. The first-order valence-electron chi connectivity index (χ1n) is 10.3. The molecule has 1 N–H and O–H groups in total. The molecule has 2 atom stereocenters. The number of aliphatic hydroxyl groups is 1. The van der Waals surface area contributed by atoms with Crippen molar-refractivity contribution in [3.05, 3.63) is 29.3 Å². The van der Waals surface area contributed by atoms with Gasteiger partial charge in [-0.3, -0.25) is 4.90 Å². The Morgan fingerprint density at radius 2 is 1.73 bits per heavy atom. The molecular formula is C21H32ClN3O. The molecule has 0 spiro atoms. The minimum atomic E-state index is 0.344. The largest absolute Gasteiger partial charge is 0.396 e. The smallest absolute Gasteiger partial charge is 0.0475 e. The summed E-state index contributed by atoms with van der Waals surface area (Å²) in [5.41, 5.74) is 1.25. The van der Waals surface area contributed by atoms with Gasteiger partial charge in [-0.05, 0) is 68.8 Å². The number of benzene rings is 1. The molecule has 0 aliphatic carbocycles. The van der Waals surface area contributed by atoms with E-state index in [4.69, 9.17) is 11.6 Å². The van der Waals surface area contributed by atoms with E-state index < -0.39 is 0 Å². The predicted molar refractivity (Wildman–Crippen MR) is 108 cm³/mol. The number of rotatable bonds is 5. The second kappa shape index (κ2) is 8.47. The lowest BCUT2D eigenvalue weighted by atomic mass is 9.96. The van der Waals surface area contributed by atoms with Crippen LogP contribution in [0.1, 0.15) is 25.7 Å². The fraction of sp³-hybridized carbons (Fsp3) is 0.714. The molecule has 0 saturated carbocycles. The summed E-state index contributed by atoms with van der Waals surface area (Å²) in [5.74, 6) is 1.10. The van der Waals surface area contributed by atoms with Crippen LogP contribution in [0.2, 0.25) is 5.02 Å². The van der Waals surface area contributed by atoms with Crippen LogP contribution < -0.4 is 4.90 Å². The first-order valence-corrected chi connectivity index (χ1v) is 10.7. The first kappa shape index (κ1) is 18.5. The van der Waals surface area contributed by atoms with Gasteiger partial charge in [-0.15, -0.1) is 0 Å². The van der Waals surface area contributed by atoms with E-state index in [-0.39, 0.29) is 0 Å². The van der Waals surface area contributed by atoms with Gasteiger partial charge in [-0.25, -0.2) is 0 Å². The van der Waals surface area contributed by atoms with E-state index in [0.29, 0.717) is 24.5 Å². The van der Waals surface area contributed by atoms with Gasteiger partial charge < -0.3 is 14.9 Å². The molecule has 0 amide bonds. The van der Waals surface area contributed by atoms with Gasteiger partial charge in [0.05, 0.1) is 0 Å². The number of hydrogen-bond donors (Lipinski definition) is 1. The summed E-state index contributed by atoms with van der Waals surface area (Å²) in [7, 11) is 0. The highest BCUT2D eigenvalue weighted by molar-refractivity contribution is 6.30. The zero-order valence-corrected chi connectivity index (χ0v) is 16.4. The highest BCUT2D eigenvalue weighted by Gasteiger charge is 2.37. The summed E-state index contributed by atoms with van der Waals surface area (Å²) >= 11 is 6.15. The normalized spacial score (nSPS) is 28.9. The van der Waals surface area contributed by atoms with Gasteiger partial charge >= 0.3 is 0 Å². The van der Waals surface area contributed by atoms with Crippen LogP contribution in [0, 0.1) is 11.8 Å². The summed E-state index contributed by atoms with van der Waals surface area (Å²) in [6.07, 6.45) is 5.12. The molecule has 3 aliphatic heterocycles. The maximum absolute atomic E-state index is 9.88. The van der Waals surface area contributed by atoms with Crippen LogP contribution in [0.3, 0.4) is 0 Å². The van der Waals surface area contributed by atoms with Crippen LogP contribution in [0.25, 0.3) is 0 Å². The van der Waals surface area contributed by atoms with Crippen molar-refractivity contribution in [3.63, 3.8) is 0 Å². The zero-order valence-electron chi connectivity index (χ0n) is 15.7. The zero-order chi connectivity index (χ0) is 17.9. The van der Waals surface area contributed by atoms with Crippen LogP contribution in [0.4, 0.5) is 5.69 Å². The van der Waals surface area contributed by atoms with E-state index in [0.717, 1.165) is 24.7 Å². The van der Waals surface area contributed by atoms with Crippen molar-refractivity contribution in [2.45, 2.75) is 31.7 Å². The van der Waals surface area contributed by atoms with Crippen LogP contribution >= 0.6 is 11.6 Å². The van der Waals surface area contributed by atoms with Gasteiger partial charge in [0.25, 0.3) is 0 Å². The molecule has 3 saturated heterocycles. The third-order valence-corrected chi connectivity index (χ3v) is 6.92. The molecule has 4 nitrogen and oxygen atoms in total. The molecule has 0 radical (unpaired) electrons. The van der Waals surface area contributed by atoms with Crippen molar-refractivity contribution in [2.24, 2.45) is 11.8 Å². The summed E-state index contributed by atoms with van der Waals surface area (Å²) < 4.78 is 0. The molecular weight excluding hydrogens is 346 g/mol. The van der Waals surface area contributed by atoms with Gasteiger partial charge in [-0.1, -0.05) is 17.7 Å². The molecule has 1 aromatic carbocycles. The molecule has 3 fully saturated rings. The highest BCUT2D eigenvalue weighted by Crippen LogP contribution is 2.31. The Balaban J connectivity index is 1.31. The van der Waals surface area contributed by atoms with E-state index in [1.807, 2.05) is 12.1 Å². The summed E-state index contributed by atoms with van der Waals surface area (Å²) in [5, 5.41) is 10.7. The van der Waals surface area contributed by atoms with Gasteiger partial charge in [0.2, 0.25) is 0 Å². The lowest BCUT2D eigenvalue weighted by Gasteiger charge is -2.38. The second-order valence-corrected chi connectivity index (χ2v) is 8.80. The number of hydrogen-bond acceptors (Lipinski definition) is 4. The number of piperidine rings is 1. The fourth-order valence-electron chi connectivity index (χ4n) is 5.15. The fourth-order valence-corrected chi connectivity index (χ4v) is 5.33. The van der Waals surface area contributed by atoms with E-state index >= 15 is 0 Å². The predicted octanol–water partition coefficient (Wildman–Crippen LogP) is 2.94. The van der Waals surface area contributed by atoms with Crippen LogP contribution in [-0.4, -0.2) is 73.4 Å². The first-order chi connectivity index (χ1) is 12.7.